The molecule has 0 saturated carbocycles. The third-order valence-electron chi connectivity index (χ3n) is 28.9. The van der Waals surface area contributed by atoms with E-state index in [1.807, 2.05) is 150 Å². The number of aromatic nitrogens is 3. The lowest BCUT2D eigenvalue weighted by molar-refractivity contribution is 0.592. The van der Waals surface area contributed by atoms with Crippen LogP contribution in [0.1, 0.15) is 0 Å². The first kappa shape index (κ1) is 80.4. The van der Waals surface area contributed by atoms with Crippen LogP contribution in [0.4, 0.5) is 0 Å². The normalized spacial score (nSPS) is 15.6. The minimum atomic E-state index is -3.14. The molecule has 21 aromatic carbocycles. The van der Waals surface area contributed by atoms with Crippen molar-refractivity contribution in [2.24, 2.45) is 0 Å². The van der Waals surface area contributed by atoms with E-state index in [0.717, 1.165) is 197 Å². The highest BCUT2D eigenvalue weighted by atomic mass is 32.1. The molecule has 0 bridgehead atoms. The van der Waals surface area contributed by atoms with Crippen LogP contribution in [0, 0.1) is 0 Å². The van der Waals surface area contributed by atoms with Gasteiger partial charge in [0.05, 0.1) is 33.1 Å². The Morgan fingerprint density at radius 3 is 0.971 bits per heavy atom. The van der Waals surface area contributed by atoms with Gasteiger partial charge in [0.15, 0.2) is 21.4 Å². The van der Waals surface area contributed by atoms with Crippen molar-refractivity contribution in [3.05, 3.63) is 473 Å². The molecule has 9 heterocycles. The van der Waals surface area contributed by atoms with Crippen molar-refractivity contribution in [1.29, 1.82) is 0 Å². The fourth-order valence-electron chi connectivity index (χ4n) is 22.9. The van der Waals surface area contributed by atoms with Crippen molar-refractivity contribution in [2.75, 3.05) is 0 Å². The van der Waals surface area contributed by atoms with Gasteiger partial charge >= 0.3 is 0 Å². The minimum Gasteiger partial charge on any atom is -0.455 e. The molecule has 0 radical (unpaired) electrons. The molecule has 0 N–H and O–H groups in total. The Morgan fingerprint density at radius 1 is 0.196 bits per heavy atom. The number of nitrogens with zero attached hydrogens (tertiary/aromatic N) is 3. The summed E-state index contributed by atoms with van der Waals surface area (Å²) in [6, 6.07) is 165. The van der Waals surface area contributed by atoms with Crippen LogP contribution in [0.25, 0.3) is 212 Å². The van der Waals surface area contributed by atoms with Gasteiger partial charge in [0.1, 0.15) is 11.2 Å². The number of fused-ring (bicyclic) bond motifs is 30. The van der Waals surface area contributed by atoms with Crippen molar-refractivity contribution < 1.29 is 18.1 Å². The zero-order valence-electron chi connectivity index (χ0n) is 74.2. The van der Waals surface area contributed by atoms with Gasteiger partial charge < -0.3 is 31.8 Å². The first-order chi connectivity index (χ1) is 68.1. The van der Waals surface area contributed by atoms with Gasteiger partial charge in [0, 0.05) is 154 Å². The lowest BCUT2D eigenvalue weighted by Crippen LogP contribution is -2.21. The van der Waals surface area contributed by atoms with Crippen LogP contribution < -0.4 is 47.7 Å². The lowest BCUT2D eigenvalue weighted by atomic mass is 9.99. The molecule has 30 rings (SSSR count). The number of hydrogen-bond donors (Lipinski definition) is 0. The van der Waals surface area contributed by atoms with Crippen molar-refractivity contribution in [2.45, 2.75) is 0 Å². The Balaban J connectivity index is 0.000000102. The molecule has 0 saturated heterocycles. The van der Waals surface area contributed by atoms with Crippen LogP contribution in [-0.2, 0) is 13.7 Å². The predicted octanol–water partition coefficient (Wildman–Crippen LogP) is 30.8. The topological polar surface area (TPSA) is 79.1 Å². The monoisotopic (exact) mass is 1850 g/mol. The smallest absolute Gasteiger partial charge is 0.172 e. The third-order valence-corrected chi connectivity index (χ3v) is 40.8. The van der Waals surface area contributed by atoms with E-state index in [9.17, 15) is 0 Å². The van der Waals surface area contributed by atoms with E-state index >= 15 is 13.7 Å². The van der Waals surface area contributed by atoms with Crippen LogP contribution >= 0.6 is 44.1 Å². The maximum atomic E-state index is 15.6. The molecule has 3 aliphatic rings. The van der Waals surface area contributed by atoms with Gasteiger partial charge in [-0.2, -0.15) is 0 Å². The first-order valence-corrected chi connectivity index (χ1v) is 53.4. The van der Waals surface area contributed by atoms with Gasteiger partial charge in [0.2, 0.25) is 0 Å². The summed E-state index contributed by atoms with van der Waals surface area (Å²) in [5.41, 5.74) is 25.0. The number of rotatable bonds is 9. The summed E-state index contributed by atoms with van der Waals surface area (Å²) in [5.74, 6) is 0. The highest BCUT2D eigenvalue weighted by molar-refractivity contribution is 7.88. The van der Waals surface area contributed by atoms with Gasteiger partial charge in [0.25, 0.3) is 0 Å². The lowest BCUT2D eigenvalue weighted by Gasteiger charge is -2.17. The first-order valence-electron chi connectivity index (χ1n) is 46.7. The molecule has 3 atom stereocenters. The van der Waals surface area contributed by atoms with Gasteiger partial charge in [-0.05, 0) is 158 Å². The molecular weight excluding hydrogens is 1780 g/mol. The van der Waals surface area contributed by atoms with E-state index < -0.39 is 21.4 Å². The Morgan fingerprint density at radius 2 is 0.514 bits per heavy atom. The zero-order valence-corrected chi connectivity index (χ0v) is 78.5. The van der Waals surface area contributed by atoms with Crippen molar-refractivity contribution >= 4 is 220 Å². The molecule has 0 aliphatic carbocycles. The molecule has 6 aromatic heterocycles. The highest BCUT2D eigenvalue weighted by Crippen LogP contribution is 2.60. The average Bonchev–Trinajstić information content (AvgIpc) is 1.53. The molecule has 0 amide bonds. The van der Waals surface area contributed by atoms with Crippen LogP contribution in [0.3, 0.4) is 0 Å². The molecule has 12 heteroatoms. The summed E-state index contributed by atoms with van der Waals surface area (Å²) < 4.78 is 65.5. The van der Waals surface area contributed by atoms with E-state index in [4.69, 9.17) is 4.42 Å². The second-order valence-corrected chi connectivity index (χ2v) is 46.1. The van der Waals surface area contributed by atoms with Crippen molar-refractivity contribution in [3.8, 4) is 83.8 Å². The van der Waals surface area contributed by atoms with Crippen LogP contribution in [0.15, 0.2) is 478 Å². The summed E-state index contributed by atoms with van der Waals surface area (Å²) >= 11 is 3.71. The largest absolute Gasteiger partial charge is 0.455 e. The Labute approximate surface area is 802 Å². The second-order valence-electron chi connectivity index (χ2n) is 36.0. The van der Waals surface area contributed by atoms with Gasteiger partial charge in [-0.1, -0.05) is 376 Å². The van der Waals surface area contributed by atoms with Crippen LogP contribution in [0.5, 0.6) is 0 Å². The molecule has 138 heavy (non-hydrogen) atoms. The molecule has 7 nitrogen and oxygen atoms in total. The molecule has 3 unspecified atom stereocenters. The molecule has 3 aliphatic heterocycles. The van der Waals surface area contributed by atoms with E-state index in [1.165, 1.54) is 62.6 Å². The van der Waals surface area contributed by atoms with Gasteiger partial charge in [-0.3, -0.25) is 0 Å². The molecule has 0 fully saturated rings. The highest BCUT2D eigenvalue weighted by Gasteiger charge is 2.46. The van der Waals surface area contributed by atoms with Crippen LogP contribution in [-0.4, -0.2) is 13.7 Å². The van der Waals surface area contributed by atoms with Crippen molar-refractivity contribution in [3.63, 3.8) is 0 Å². The second kappa shape index (κ2) is 31.3. The standard InChI is InChI=1S/C42H26NO2P.2C42H26NOPS/c44-46(29-11-2-1-3-12-29)39-20-9-6-14-32(39)34-25-26-37-40(42(34)46)35-15-4-7-18-36(35)43(37)28-23-21-27(22-24-28)30-16-10-17-33-31-13-5-8-19-38(31)45-41(30)33;44-45(29-11-2-1-3-12-29)38-19-8-5-13-31(38)33-25-26-37-40(41(33)45)35-15-4-7-18-36(35)43(37)28-23-21-27(22-24-28)30-16-10-17-34-32-14-6-9-20-39(32)46-42(30)34;44-45(29-11-2-1-3-12-29)37-18-8-5-13-31(37)32-25-26-36-41(42(32)45)33-14-4-7-17-35(33)43(36)28-23-21-27(22-24-28)30-16-10-20-39-40(30)34-15-6-9-19-38(34)46-39/h3*1-26H. The van der Waals surface area contributed by atoms with E-state index in [0.29, 0.717) is 0 Å². The van der Waals surface area contributed by atoms with E-state index in [-0.39, 0.29) is 0 Å². The maximum Gasteiger partial charge on any atom is 0.172 e. The SMILES string of the molecule is O=P1(c2ccccc2)c2ccccc2-c2ccc3c(c21)c1ccccc1n3-c1ccc(-c2cccc3c2oc2ccccc23)cc1.O=P1(c2ccccc2)c2ccccc2-c2ccc3c(c21)c1ccccc1n3-c1ccc(-c2cccc3c2sc2ccccc23)cc1.O=P1(c2ccccc2)c2ccccc2-c2ccc3c(c21)c1ccccc1n3-c1ccc(-c2cccc3sc4ccccc4c23)cc1. The Bertz CT molecular complexity index is 9570. The molecule has 0 spiro atoms. The summed E-state index contributed by atoms with van der Waals surface area (Å²) in [5, 5.41) is 22.3. The number of benzene rings is 21. The number of para-hydroxylation sites is 5. The fraction of sp³-hybridized carbons (Fsp3) is 0. The third kappa shape index (κ3) is 11.8. The predicted molar refractivity (Wildman–Crippen MR) is 587 cm³/mol. The Hall–Kier alpha value is -16.1. The van der Waals surface area contributed by atoms with Crippen LogP contribution in [0.2, 0.25) is 0 Å². The van der Waals surface area contributed by atoms with Gasteiger partial charge in [-0.25, -0.2) is 0 Å². The fourth-order valence-corrected chi connectivity index (χ4v) is 35.2. The molecule has 27 aromatic rings. The number of thiophene rings is 2. The number of furan rings is 1. The Kier molecular flexibility index (Phi) is 18.2. The quantitative estimate of drug-likeness (QED) is 0.135. The zero-order chi connectivity index (χ0) is 91.2. The van der Waals surface area contributed by atoms with E-state index in [2.05, 4.69) is 359 Å². The molecular formula is C126H78N3O4P3S2. The summed E-state index contributed by atoms with van der Waals surface area (Å²) in [7, 11) is -9.39. The number of hydrogen-bond acceptors (Lipinski definition) is 6. The molecule has 648 valence electrons. The van der Waals surface area contributed by atoms with Gasteiger partial charge in [-0.15, -0.1) is 22.7 Å². The van der Waals surface area contributed by atoms with Crippen molar-refractivity contribution in [1.82, 2.24) is 13.7 Å². The summed E-state index contributed by atoms with van der Waals surface area (Å²) in [6.45, 7) is 0. The minimum absolute atomic E-state index is 0.870. The maximum absolute atomic E-state index is 15.6. The average molecular weight is 1860 g/mol. The summed E-state index contributed by atoms with van der Waals surface area (Å²) in [6.07, 6.45) is 0. The van der Waals surface area contributed by atoms with E-state index in [1.54, 1.807) is 0 Å². The summed E-state index contributed by atoms with van der Waals surface area (Å²) in [4.78, 5) is 0.